The molecule has 0 fully saturated rings. The number of rotatable bonds is 1. The number of aryl methyl sites for hydroxylation is 1. The Labute approximate surface area is 81.6 Å². The number of hydrogen-bond donors (Lipinski definition) is 1. The molecule has 0 saturated heterocycles. The molecule has 0 saturated carbocycles. The Hall–Kier alpha value is -0.500. The number of phenols is 1. The normalized spacial score (nSPS) is 10.8. The van der Waals surface area contributed by atoms with Crippen LogP contribution in [0.4, 0.5) is 0 Å². The molecule has 0 aliphatic carbocycles. The monoisotopic (exact) mass is 228 g/mol. The number of phenolic OH excluding ortho intramolecular Hbond substituents is 1. The lowest BCUT2D eigenvalue weighted by Crippen LogP contribution is -1.90. The van der Waals surface area contributed by atoms with Crippen LogP contribution in [0, 0.1) is 6.92 Å². The molecule has 1 nitrogen and oxygen atoms in total. The summed E-state index contributed by atoms with van der Waals surface area (Å²) in [5, 5.41) is 9.65. The van der Waals surface area contributed by atoms with E-state index in [1.807, 2.05) is 19.1 Å². The third-order valence-electron chi connectivity index (χ3n) is 1.86. The first-order chi connectivity index (χ1) is 5.52. The topological polar surface area (TPSA) is 20.2 Å². The second kappa shape index (κ2) is 3.48. The molecular weight excluding hydrogens is 216 g/mol. The van der Waals surface area contributed by atoms with Crippen LogP contribution in [0.3, 0.4) is 0 Å². The van der Waals surface area contributed by atoms with Crippen molar-refractivity contribution in [1.82, 2.24) is 0 Å². The first-order valence-electron chi connectivity index (χ1n) is 4.01. The number of halogens is 1. The van der Waals surface area contributed by atoms with Crippen LogP contribution in [0.5, 0.6) is 5.75 Å². The SMILES string of the molecule is Cc1cc(Br)c(O)c(C(C)C)c1. The molecule has 1 rings (SSSR count). The van der Waals surface area contributed by atoms with Crippen LogP contribution in [-0.4, -0.2) is 5.11 Å². The summed E-state index contributed by atoms with van der Waals surface area (Å²) in [5.41, 5.74) is 2.17. The number of aromatic hydroxyl groups is 1. The van der Waals surface area contributed by atoms with Gasteiger partial charge in [-0.1, -0.05) is 19.9 Å². The second-order valence-electron chi connectivity index (χ2n) is 3.34. The van der Waals surface area contributed by atoms with Gasteiger partial charge in [-0.3, -0.25) is 0 Å². The van der Waals surface area contributed by atoms with E-state index >= 15 is 0 Å². The first kappa shape index (κ1) is 9.59. The first-order valence-corrected chi connectivity index (χ1v) is 4.80. The van der Waals surface area contributed by atoms with E-state index < -0.39 is 0 Å². The fourth-order valence-electron chi connectivity index (χ4n) is 1.20. The molecule has 0 unspecified atom stereocenters. The fourth-order valence-corrected chi connectivity index (χ4v) is 1.79. The predicted octanol–water partition coefficient (Wildman–Crippen LogP) is 3.59. The predicted molar refractivity (Wildman–Crippen MR) is 54.6 cm³/mol. The third-order valence-corrected chi connectivity index (χ3v) is 2.46. The minimum absolute atomic E-state index is 0.362. The Morgan fingerprint density at radius 1 is 1.33 bits per heavy atom. The summed E-state index contributed by atoms with van der Waals surface area (Å²) in [6, 6.07) is 3.94. The Kier molecular flexibility index (Phi) is 2.78. The molecule has 0 aliphatic heterocycles. The zero-order valence-corrected chi connectivity index (χ0v) is 9.14. The molecule has 66 valence electrons. The molecule has 1 aromatic carbocycles. The van der Waals surface area contributed by atoms with Crippen molar-refractivity contribution in [3.05, 3.63) is 27.7 Å². The molecule has 0 heterocycles. The van der Waals surface area contributed by atoms with Gasteiger partial charge in [-0.05, 0) is 46.0 Å². The molecule has 0 atom stereocenters. The highest BCUT2D eigenvalue weighted by Crippen LogP contribution is 2.33. The van der Waals surface area contributed by atoms with Gasteiger partial charge in [-0.25, -0.2) is 0 Å². The second-order valence-corrected chi connectivity index (χ2v) is 4.19. The summed E-state index contributed by atoms with van der Waals surface area (Å²) in [6.45, 7) is 6.16. The van der Waals surface area contributed by atoms with Gasteiger partial charge in [0.2, 0.25) is 0 Å². The van der Waals surface area contributed by atoms with E-state index in [4.69, 9.17) is 0 Å². The van der Waals surface area contributed by atoms with E-state index in [0.717, 1.165) is 10.0 Å². The van der Waals surface area contributed by atoms with Gasteiger partial charge in [-0.2, -0.15) is 0 Å². The molecule has 0 aromatic heterocycles. The van der Waals surface area contributed by atoms with Crippen molar-refractivity contribution >= 4 is 15.9 Å². The van der Waals surface area contributed by atoms with E-state index in [0.29, 0.717) is 11.7 Å². The zero-order chi connectivity index (χ0) is 9.30. The van der Waals surface area contributed by atoms with Gasteiger partial charge in [0.05, 0.1) is 4.47 Å². The van der Waals surface area contributed by atoms with Crippen molar-refractivity contribution < 1.29 is 5.11 Å². The Morgan fingerprint density at radius 2 is 1.92 bits per heavy atom. The summed E-state index contributed by atoms with van der Waals surface area (Å²) in [5.74, 6) is 0.733. The summed E-state index contributed by atoms with van der Waals surface area (Å²) < 4.78 is 0.784. The molecule has 1 N–H and O–H groups in total. The molecular formula is C10H13BrO. The highest BCUT2D eigenvalue weighted by molar-refractivity contribution is 9.10. The van der Waals surface area contributed by atoms with Crippen LogP contribution >= 0.6 is 15.9 Å². The van der Waals surface area contributed by atoms with Crippen LogP contribution < -0.4 is 0 Å². The van der Waals surface area contributed by atoms with Gasteiger partial charge in [0.25, 0.3) is 0 Å². The molecule has 0 bridgehead atoms. The van der Waals surface area contributed by atoms with E-state index in [1.165, 1.54) is 5.56 Å². The van der Waals surface area contributed by atoms with Gasteiger partial charge < -0.3 is 5.11 Å². The standard InChI is InChI=1S/C10H13BrO/c1-6(2)8-4-7(3)5-9(11)10(8)12/h4-6,12H,1-3H3. The molecule has 1 aromatic rings. The Bertz CT molecular complexity index is 292. The fraction of sp³-hybridized carbons (Fsp3) is 0.400. The van der Waals surface area contributed by atoms with E-state index in [-0.39, 0.29) is 0 Å². The Balaban J connectivity index is 3.28. The molecule has 0 spiro atoms. The highest BCUT2D eigenvalue weighted by Gasteiger charge is 2.09. The van der Waals surface area contributed by atoms with Gasteiger partial charge in [0, 0.05) is 0 Å². The smallest absolute Gasteiger partial charge is 0.133 e. The van der Waals surface area contributed by atoms with Crippen molar-refractivity contribution in [2.45, 2.75) is 26.7 Å². The highest BCUT2D eigenvalue weighted by atomic mass is 79.9. The van der Waals surface area contributed by atoms with E-state index in [9.17, 15) is 5.11 Å². The molecule has 0 amide bonds. The quantitative estimate of drug-likeness (QED) is 0.780. The van der Waals surface area contributed by atoms with Crippen molar-refractivity contribution in [3.63, 3.8) is 0 Å². The zero-order valence-electron chi connectivity index (χ0n) is 7.56. The van der Waals surface area contributed by atoms with Crippen molar-refractivity contribution in [3.8, 4) is 5.75 Å². The maximum Gasteiger partial charge on any atom is 0.133 e. The third kappa shape index (κ3) is 1.81. The van der Waals surface area contributed by atoms with Crippen molar-refractivity contribution in [1.29, 1.82) is 0 Å². The number of hydrogen-bond acceptors (Lipinski definition) is 1. The number of benzene rings is 1. The minimum Gasteiger partial charge on any atom is -0.506 e. The van der Waals surface area contributed by atoms with Crippen LogP contribution in [0.2, 0.25) is 0 Å². The summed E-state index contributed by atoms with van der Waals surface area (Å²) in [7, 11) is 0. The van der Waals surface area contributed by atoms with Crippen LogP contribution in [0.1, 0.15) is 30.9 Å². The van der Waals surface area contributed by atoms with E-state index in [2.05, 4.69) is 29.8 Å². The average molecular weight is 229 g/mol. The maximum absolute atomic E-state index is 9.65. The lowest BCUT2D eigenvalue weighted by molar-refractivity contribution is 0.461. The van der Waals surface area contributed by atoms with Gasteiger partial charge in [0.15, 0.2) is 0 Å². The average Bonchev–Trinajstić information content (AvgIpc) is 1.96. The van der Waals surface area contributed by atoms with Crippen molar-refractivity contribution in [2.75, 3.05) is 0 Å². The van der Waals surface area contributed by atoms with Gasteiger partial charge in [0.1, 0.15) is 5.75 Å². The lowest BCUT2D eigenvalue weighted by Gasteiger charge is -2.10. The lowest BCUT2D eigenvalue weighted by atomic mass is 10.0. The molecule has 0 aliphatic rings. The summed E-state index contributed by atoms with van der Waals surface area (Å²) >= 11 is 3.32. The Morgan fingerprint density at radius 3 is 2.42 bits per heavy atom. The van der Waals surface area contributed by atoms with E-state index in [1.54, 1.807) is 0 Å². The minimum atomic E-state index is 0.362. The van der Waals surface area contributed by atoms with Crippen LogP contribution in [0.15, 0.2) is 16.6 Å². The van der Waals surface area contributed by atoms with Crippen LogP contribution in [-0.2, 0) is 0 Å². The van der Waals surface area contributed by atoms with Crippen LogP contribution in [0.25, 0.3) is 0 Å². The van der Waals surface area contributed by atoms with Gasteiger partial charge in [-0.15, -0.1) is 0 Å². The van der Waals surface area contributed by atoms with Crippen molar-refractivity contribution in [2.24, 2.45) is 0 Å². The molecule has 12 heavy (non-hydrogen) atoms. The van der Waals surface area contributed by atoms with Gasteiger partial charge >= 0.3 is 0 Å². The molecule has 0 radical (unpaired) electrons. The maximum atomic E-state index is 9.65. The summed E-state index contributed by atoms with van der Waals surface area (Å²) in [4.78, 5) is 0. The largest absolute Gasteiger partial charge is 0.506 e. The summed E-state index contributed by atoms with van der Waals surface area (Å²) in [6.07, 6.45) is 0. The molecule has 2 heteroatoms.